The first-order valence-electron chi connectivity index (χ1n) is 36.2. The molecule has 2 saturated heterocycles. The summed E-state index contributed by atoms with van der Waals surface area (Å²) in [6, 6.07) is 94.1. The first-order chi connectivity index (χ1) is 50.5. The molecule has 4 fully saturated rings. The number of ether oxygens (including phenoxy) is 4. The Kier molecular flexibility index (Phi) is 24.8. The Bertz CT molecular complexity index is 3690. The van der Waals surface area contributed by atoms with E-state index in [1.54, 1.807) is 62.6 Å². The zero-order valence-corrected chi connectivity index (χ0v) is 59.6. The summed E-state index contributed by atoms with van der Waals surface area (Å²) in [5, 5.41) is 51.5. The molecule has 10 aromatic rings. The molecule has 0 bridgehead atoms. The van der Waals surface area contributed by atoms with Crippen molar-refractivity contribution in [2.75, 3.05) is 27.2 Å². The maximum Gasteiger partial charge on any atom is 0.294 e. The third kappa shape index (κ3) is 16.1. The van der Waals surface area contributed by atoms with Crippen molar-refractivity contribution < 1.29 is 58.6 Å². The predicted octanol–water partition coefficient (Wildman–Crippen LogP) is 15.3. The Morgan fingerprint density at radius 3 is 0.625 bits per heavy atom. The Labute approximate surface area is 611 Å². The molecular weight excluding hydrogens is 1300 g/mol. The van der Waals surface area contributed by atoms with Gasteiger partial charge in [-0.05, 0) is 84.0 Å². The minimum absolute atomic E-state index is 0.442. The normalized spacial score (nSPS) is 18.2. The summed E-state index contributed by atoms with van der Waals surface area (Å²) in [4.78, 5) is 48.8. The van der Waals surface area contributed by atoms with Crippen LogP contribution in [0.4, 0.5) is 0 Å². The largest absolute Gasteiger partial charge is 0.378 e. The molecule has 4 atom stereocenters. The van der Waals surface area contributed by atoms with Crippen LogP contribution < -0.4 is 0 Å². The maximum absolute atomic E-state index is 12.9. The molecule has 14 nitrogen and oxygen atoms in total. The smallest absolute Gasteiger partial charge is 0.294 e. The van der Waals surface area contributed by atoms with Crippen molar-refractivity contribution in [2.45, 2.75) is 136 Å². The highest BCUT2D eigenvalue weighted by Gasteiger charge is 2.65. The highest BCUT2D eigenvalue weighted by molar-refractivity contribution is 6.43. The first kappa shape index (κ1) is 75.3. The maximum atomic E-state index is 12.9. The standard InChI is InChI=1S/2C34H34O4.2C11H13NO2/c2*35-33(26-16-6-1-7-17-26,27-18-8-2-9-19-27)30-31(38-32(37-30)24-14-5-15-25-32)34(36,28-20-10-3-11-21-28)29-22-12-4-13-23-29;2*1-3-12(2)11(14)10(13)9-7-5-4-6-8-9/h2*1-4,6-13,16-23,30-31,35-36H,5,14-15,24-25H2;2*4-8H,3H2,1-2H3/t2*30-,31-;;/m11../s1. The molecule has 2 spiro atoms. The number of amides is 2. The summed E-state index contributed by atoms with van der Waals surface area (Å²) < 4.78 is 27.7. The average molecular weight is 1400 g/mol. The van der Waals surface area contributed by atoms with Crippen LogP contribution in [0.25, 0.3) is 0 Å². The van der Waals surface area contributed by atoms with Crippen LogP contribution in [0.15, 0.2) is 303 Å². The Balaban J connectivity index is 0.000000153. The molecule has 2 aliphatic heterocycles. The van der Waals surface area contributed by atoms with E-state index in [4.69, 9.17) is 18.9 Å². The van der Waals surface area contributed by atoms with Crippen LogP contribution in [0.2, 0.25) is 0 Å². The van der Waals surface area contributed by atoms with Crippen LogP contribution >= 0.6 is 0 Å². The van der Waals surface area contributed by atoms with E-state index >= 15 is 0 Å². The number of aliphatic hydroxyl groups is 4. The number of benzene rings is 10. The number of hydrogen-bond acceptors (Lipinski definition) is 12. The summed E-state index contributed by atoms with van der Waals surface area (Å²) in [6.07, 6.45) is 5.45. The zero-order chi connectivity index (χ0) is 73.2. The molecule has 2 saturated carbocycles. The van der Waals surface area contributed by atoms with Crippen LogP contribution in [0.5, 0.6) is 0 Å². The van der Waals surface area contributed by atoms with Crippen LogP contribution in [0.3, 0.4) is 0 Å². The fourth-order valence-corrected chi connectivity index (χ4v) is 14.7. The number of Topliss-reactive ketones (excluding diaryl/α,β-unsaturated/α-hetero) is 2. The van der Waals surface area contributed by atoms with Crippen LogP contribution in [0, 0.1) is 0 Å². The highest BCUT2D eigenvalue weighted by Crippen LogP contribution is 2.56. The van der Waals surface area contributed by atoms with Gasteiger partial charge in [-0.3, -0.25) is 19.2 Å². The van der Waals surface area contributed by atoms with Gasteiger partial charge in [0.05, 0.1) is 0 Å². The first-order valence-corrected chi connectivity index (χ1v) is 36.2. The van der Waals surface area contributed by atoms with Gasteiger partial charge in [0, 0.05) is 64.0 Å². The molecule has 14 heteroatoms. The lowest BCUT2D eigenvalue weighted by Crippen LogP contribution is -2.54. The SMILES string of the molecule is CCN(C)C(=O)C(=O)c1ccccc1.CCN(C)C(=O)C(=O)c1ccccc1.OC(c1ccccc1)(c1ccccc1)[C@@H]1OC2(CCCCC2)O[C@H]1C(O)(c1ccccc1)c1ccccc1.OC(c1ccccc1)(c1ccccc1)[C@@H]1OC2(CCCCC2)O[C@H]1C(O)(c1ccccc1)c1ccccc1. The average Bonchev–Trinajstić information content (AvgIpc) is 1.52. The number of ketones is 2. The van der Waals surface area contributed by atoms with Crippen molar-refractivity contribution in [3.63, 3.8) is 0 Å². The summed E-state index contributed by atoms with van der Waals surface area (Å²) in [7, 11) is 3.23. The molecule has 0 unspecified atom stereocenters. The number of likely N-dealkylation sites (N-methyl/N-ethyl adjacent to an activating group) is 2. The molecule has 0 radical (unpaired) electrons. The molecule has 104 heavy (non-hydrogen) atoms. The van der Waals surface area contributed by atoms with Gasteiger partial charge >= 0.3 is 0 Å². The molecule has 10 aromatic carbocycles. The van der Waals surface area contributed by atoms with Gasteiger partial charge < -0.3 is 49.2 Å². The number of hydrogen-bond donors (Lipinski definition) is 4. The van der Waals surface area contributed by atoms with E-state index in [0.717, 1.165) is 64.2 Å². The number of nitrogens with zero attached hydrogens (tertiary/aromatic N) is 2. The van der Waals surface area contributed by atoms with Gasteiger partial charge in [-0.25, -0.2) is 0 Å². The van der Waals surface area contributed by atoms with Gasteiger partial charge in [0.25, 0.3) is 11.8 Å². The van der Waals surface area contributed by atoms with Crippen LogP contribution in [-0.2, 0) is 50.9 Å². The van der Waals surface area contributed by atoms with Crippen molar-refractivity contribution in [3.05, 3.63) is 359 Å². The van der Waals surface area contributed by atoms with E-state index in [0.29, 0.717) is 68.7 Å². The predicted molar refractivity (Wildman–Crippen MR) is 403 cm³/mol. The van der Waals surface area contributed by atoms with Crippen molar-refractivity contribution in [3.8, 4) is 0 Å². The Hall–Kier alpha value is -9.84. The van der Waals surface area contributed by atoms with Gasteiger partial charge in [-0.1, -0.05) is 316 Å². The second kappa shape index (κ2) is 34.2. The zero-order valence-electron chi connectivity index (χ0n) is 59.6. The quantitative estimate of drug-likeness (QED) is 0.0470. The van der Waals surface area contributed by atoms with Crippen LogP contribution in [0.1, 0.15) is 143 Å². The molecule has 536 valence electrons. The number of carbonyl (C=O) groups is 4. The van der Waals surface area contributed by atoms with Gasteiger partial charge in [0.15, 0.2) is 11.6 Å². The molecule has 0 aromatic heterocycles. The van der Waals surface area contributed by atoms with Gasteiger partial charge in [0.2, 0.25) is 11.6 Å². The molecule has 2 amide bonds. The molecule has 14 rings (SSSR count). The van der Waals surface area contributed by atoms with E-state index in [-0.39, 0.29) is 0 Å². The van der Waals surface area contributed by atoms with E-state index in [1.165, 1.54) is 9.80 Å². The third-order valence-corrected chi connectivity index (χ3v) is 20.6. The Morgan fingerprint density at radius 2 is 0.462 bits per heavy atom. The topological polar surface area (TPSA) is 193 Å². The lowest BCUT2D eigenvalue weighted by Gasteiger charge is -2.42. The minimum atomic E-state index is -1.58. The van der Waals surface area contributed by atoms with Gasteiger partial charge in [-0.2, -0.15) is 0 Å². The van der Waals surface area contributed by atoms with Crippen LogP contribution in [-0.4, -0.2) is 117 Å². The Morgan fingerprint density at radius 1 is 0.298 bits per heavy atom. The fraction of sp³-hybridized carbons (Fsp3) is 0.289. The van der Waals surface area contributed by atoms with E-state index in [2.05, 4.69) is 0 Å². The van der Waals surface area contributed by atoms with Gasteiger partial charge in [-0.15, -0.1) is 0 Å². The molecule has 2 aliphatic carbocycles. The summed E-state index contributed by atoms with van der Waals surface area (Å²) in [6.45, 7) is 4.74. The second-order valence-corrected chi connectivity index (χ2v) is 27.1. The van der Waals surface area contributed by atoms with E-state index in [9.17, 15) is 39.6 Å². The molecule has 4 N–H and O–H groups in total. The lowest BCUT2D eigenvalue weighted by atomic mass is 9.72. The van der Waals surface area contributed by atoms with Crippen molar-refractivity contribution in [2.24, 2.45) is 0 Å². The number of rotatable bonds is 18. The van der Waals surface area contributed by atoms with E-state index < -0.39 is 81.8 Å². The summed E-state index contributed by atoms with van der Waals surface area (Å²) >= 11 is 0. The number of carbonyl (C=O) groups excluding carboxylic acids is 4. The molecular formula is C90H94N2O12. The van der Waals surface area contributed by atoms with E-state index in [1.807, 2.05) is 269 Å². The third-order valence-electron chi connectivity index (χ3n) is 20.6. The highest BCUT2D eigenvalue weighted by atomic mass is 16.8. The lowest BCUT2D eigenvalue weighted by molar-refractivity contribution is -0.213. The summed E-state index contributed by atoms with van der Waals surface area (Å²) in [5.74, 6) is -3.56. The van der Waals surface area contributed by atoms with Crippen molar-refractivity contribution >= 4 is 23.4 Å². The summed E-state index contributed by atoms with van der Waals surface area (Å²) in [5.41, 5.74) is 0.138. The molecule has 4 aliphatic rings. The second-order valence-electron chi connectivity index (χ2n) is 27.1. The monoisotopic (exact) mass is 1390 g/mol. The molecule has 2 heterocycles. The van der Waals surface area contributed by atoms with Crippen molar-refractivity contribution in [1.29, 1.82) is 0 Å². The van der Waals surface area contributed by atoms with Crippen molar-refractivity contribution in [1.82, 2.24) is 9.80 Å². The minimum Gasteiger partial charge on any atom is -0.378 e. The van der Waals surface area contributed by atoms with Gasteiger partial charge in [0.1, 0.15) is 46.8 Å². The fourth-order valence-electron chi connectivity index (χ4n) is 14.7.